The van der Waals surface area contributed by atoms with Gasteiger partial charge in [0.1, 0.15) is 0 Å². The van der Waals surface area contributed by atoms with Gasteiger partial charge in [0.2, 0.25) is 0 Å². The zero-order chi connectivity index (χ0) is 19.9. The van der Waals surface area contributed by atoms with Crippen molar-refractivity contribution in [1.82, 2.24) is 20.0 Å². The molecular formula is C24H28N4O. The fraction of sp³-hybridized carbons (Fsp3) is 0.333. The van der Waals surface area contributed by atoms with Crippen molar-refractivity contribution < 1.29 is 4.79 Å². The Morgan fingerprint density at radius 3 is 2.48 bits per heavy atom. The van der Waals surface area contributed by atoms with Gasteiger partial charge in [-0.05, 0) is 37.9 Å². The van der Waals surface area contributed by atoms with Gasteiger partial charge in [0.05, 0.1) is 17.5 Å². The first-order valence-electron chi connectivity index (χ1n) is 10.5. The van der Waals surface area contributed by atoms with Gasteiger partial charge >= 0.3 is 0 Å². The summed E-state index contributed by atoms with van der Waals surface area (Å²) in [5.41, 5.74) is 3.85. The van der Waals surface area contributed by atoms with Gasteiger partial charge in [0.25, 0.3) is 5.91 Å². The second-order valence-electron chi connectivity index (χ2n) is 7.60. The van der Waals surface area contributed by atoms with Gasteiger partial charge in [-0.25, -0.2) is 0 Å². The number of nitrogens with one attached hydrogen (secondary N) is 1. The number of aryl methyl sites for hydroxylation is 1. The fourth-order valence-corrected chi connectivity index (χ4v) is 3.99. The highest BCUT2D eigenvalue weighted by atomic mass is 16.2. The summed E-state index contributed by atoms with van der Waals surface area (Å²) in [7, 11) is 0. The van der Waals surface area contributed by atoms with Gasteiger partial charge in [-0.15, -0.1) is 0 Å². The molecule has 2 aromatic carbocycles. The first-order valence-corrected chi connectivity index (χ1v) is 10.5. The van der Waals surface area contributed by atoms with Crippen molar-refractivity contribution in [1.29, 1.82) is 0 Å². The molecule has 150 valence electrons. The van der Waals surface area contributed by atoms with E-state index in [9.17, 15) is 4.79 Å². The van der Waals surface area contributed by atoms with Crippen LogP contribution in [-0.4, -0.2) is 58.6 Å². The highest BCUT2D eigenvalue weighted by Crippen LogP contribution is 2.22. The van der Waals surface area contributed by atoms with E-state index >= 15 is 0 Å². The predicted octanol–water partition coefficient (Wildman–Crippen LogP) is 3.86. The number of carbonyl (C=O) groups excluding carboxylic acids is 1. The second-order valence-corrected chi connectivity index (χ2v) is 7.60. The van der Waals surface area contributed by atoms with Crippen LogP contribution in [0.5, 0.6) is 0 Å². The van der Waals surface area contributed by atoms with Crippen LogP contribution in [0, 0.1) is 0 Å². The minimum Gasteiger partial charge on any atom is -0.337 e. The van der Waals surface area contributed by atoms with Crippen LogP contribution in [0.15, 0.2) is 66.9 Å². The summed E-state index contributed by atoms with van der Waals surface area (Å²) in [5.74, 6) is 0.0729. The molecule has 1 fully saturated rings. The SMILES string of the molecule is O=C(c1cn[nH]c1-c1ccccc1)N1CCCN(CCCc2ccccc2)CC1. The van der Waals surface area contributed by atoms with E-state index in [0.29, 0.717) is 5.56 Å². The monoisotopic (exact) mass is 388 g/mol. The van der Waals surface area contributed by atoms with Crippen LogP contribution in [0.3, 0.4) is 0 Å². The number of rotatable bonds is 6. The summed E-state index contributed by atoms with van der Waals surface area (Å²) in [6, 6.07) is 20.6. The predicted molar refractivity (Wildman–Crippen MR) is 116 cm³/mol. The molecule has 29 heavy (non-hydrogen) atoms. The zero-order valence-electron chi connectivity index (χ0n) is 16.8. The van der Waals surface area contributed by atoms with Crippen molar-refractivity contribution in [2.75, 3.05) is 32.7 Å². The molecule has 0 bridgehead atoms. The number of aromatic nitrogens is 2. The molecule has 0 saturated carbocycles. The van der Waals surface area contributed by atoms with Gasteiger partial charge in [-0.3, -0.25) is 9.89 Å². The Kier molecular flexibility index (Phi) is 6.37. The number of benzene rings is 2. The minimum absolute atomic E-state index is 0.0729. The molecule has 4 rings (SSSR count). The Hall–Kier alpha value is -2.92. The van der Waals surface area contributed by atoms with E-state index in [2.05, 4.69) is 45.4 Å². The van der Waals surface area contributed by atoms with Crippen LogP contribution in [0.25, 0.3) is 11.3 Å². The van der Waals surface area contributed by atoms with Crippen LogP contribution in [0.1, 0.15) is 28.8 Å². The van der Waals surface area contributed by atoms with E-state index in [4.69, 9.17) is 0 Å². The van der Waals surface area contributed by atoms with Crippen LogP contribution in [-0.2, 0) is 6.42 Å². The Balaban J connectivity index is 1.33. The first kappa shape index (κ1) is 19.4. The molecule has 1 saturated heterocycles. The van der Waals surface area contributed by atoms with Gasteiger partial charge in [-0.1, -0.05) is 60.7 Å². The summed E-state index contributed by atoms with van der Waals surface area (Å²) < 4.78 is 0. The number of hydrogen-bond acceptors (Lipinski definition) is 3. The molecule has 0 radical (unpaired) electrons. The summed E-state index contributed by atoms with van der Waals surface area (Å²) in [4.78, 5) is 17.6. The normalized spacial score (nSPS) is 15.2. The molecule has 1 aromatic heterocycles. The lowest BCUT2D eigenvalue weighted by atomic mass is 10.1. The summed E-state index contributed by atoms with van der Waals surface area (Å²) in [6.45, 7) is 4.63. The topological polar surface area (TPSA) is 52.2 Å². The maximum absolute atomic E-state index is 13.2. The lowest BCUT2D eigenvalue weighted by Gasteiger charge is -2.22. The summed E-state index contributed by atoms with van der Waals surface area (Å²) in [5, 5.41) is 7.14. The van der Waals surface area contributed by atoms with Gasteiger partial charge < -0.3 is 9.80 Å². The molecule has 1 aliphatic heterocycles. The van der Waals surface area contributed by atoms with Crippen molar-refractivity contribution >= 4 is 5.91 Å². The number of amides is 1. The third-order valence-electron chi connectivity index (χ3n) is 5.59. The van der Waals surface area contributed by atoms with E-state index in [1.54, 1.807) is 6.20 Å². The van der Waals surface area contributed by atoms with Crippen molar-refractivity contribution in [3.05, 3.63) is 78.0 Å². The molecule has 1 aliphatic rings. The molecule has 0 aliphatic carbocycles. The van der Waals surface area contributed by atoms with Crippen molar-refractivity contribution in [2.45, 2.75) is 19.3 Å². The first-order chi connectivity index (χ1) is 14.3. The van der Waals surface area contributed by atoms with E-state index in [1.165, 1.54) is 5.56 Å². The van der Waals surface area contributed by atoms with Crippen molar-refractivity contribution in [3.63, 3.8) is 0 Å². The smallest absolute Gasteiger partial charge is 0.257 e. The maximum Gasteiger partial charge on any atom is 0.257 e. The number of hydrogen-bond donors (Lipinski definition) is 1. The van der Waals surface area contributed by atoms with E-state index in [0.717, 1.165) is 63.2 Å². The highest BCUT2D eigenvalue weighted by molar-refractivity contribution is 5.99. The fourth-order valence-electron chi connectivity index (χ4n) is 3.99. The van der Waals surface area contributed by atoms with Gasteiger partial charge in [-0.2, -0.15) is 5.10 Å². The molecule has 1 amide bonds. The Bertz CT molecular complexity index is 907. The summed E-state index contributed by atoms with van der Waals surface area (Å²) in [6.07, 6.45) is 4.93. The van der Waals surface area contributed by atoms with E-state index in [-0.39, 0.29) is 5.91 Å². The molecule has 2 heterocycles. The third-order valence-corrected chi connectivity index (χ3v) is 5.59. The number of nitrogens with zero attached hydrogens (tertiary/aromatic N) is 3. The molecule has 0 atom stereocenters. The average Bonchev–Trinajstić information content (AvgIpc) is 3.14. The van der Waals surface area contributed by atoms with Crippen molar-refractivity contribution in [3.8, 4) is 11.3 Å². The molecule has 0 unspecified atom stereocenters. The van der Waals surface area contributed by atoms with Crippen LogP contribution < -0.4 is 0 Å². The molecule has 1 N–H and O–H groups in total. The number of H-pyrrole nitrogens is 1. The Morgan fingerprint density at radius 2 is 1.69 bits per heavy atom. The molecule has 5 nitrogen and oxygen atoms in total. The Labute approximate surface area is 172 Å². The van der Waals surface area contributed by atoms with E-state index < -0.39 is 0 Å². The van der Waals surface area contributed by atoms with Gasteiger partial charge in [0.15, 0.2) is 0 Å². The number of carbonyl (C=O) groups is 1. The minimum atomic E-state index is 0.0729. The second kappa shape index (κ2) is 9.52. The molecule has 5 heteroatoms. The number of aromatic amines is 1. The highest BCUT2D eigenvalue weighted by Gasteiger charge is 2.23. The van der Waals surface area contributed by atoms with E-state index in [1.807, 2.05) is 35.2 Å². The maximum atomic E-state index is 13.2. The van der Waals surface area contributed by atoms with Gasteiger partial charge in [0, 0.05) is 25.2 Å². The molecular weight excluding hydrogens is 360 g/mol. The van der Waals surface area contributed by atoms with Crippen LogP contribution in [0.4, 0.5) is 0 Å². The standard InChI is InChI=1S/C24H28N4O/c29-24(22-19-25-26-23(22)21-12-5-2-6-13-21)28-16-8-15-27(17-18-28)14-7-11-20-9-3-1-4-10-20/h1-6,9-10,12-13,19H,7-8,11,14-18H2,(H,25,26). The lowest BCUT2D eigenvalue weighted by molar-refractivity contribution is 0.0762. The molecule has 3 aromatic rings. The summed E-state index contributed by atoms with van der Waals surface area (Å²) >= 11 is 0. The lowest BCUT2D eigenvalue weighted by Crippen LogP contribution is -2.35. The van der Waals surface area contributed by atoms with Crippen molar-refractivity contribution in [2.24, 2.45) is 0 Å². The third kappa shape index (κ3) is 4.93. The zero-order valence-corrected chi connectivity index (χ0v) is 16.8. The largest absolute Gasteiger partial charge is 0.337 e. The average molecular weight is 389 g/mol. The Morgan fingerprint density at radius 1 is 0.931 bits per heavy atom. The molecule has 0 spiro atoms. The quantitative estimate of drug-likeness (QED) is 0.698. The van der Waals surface area contributed by atoms with Crippen LogP contribution in [0.2, 0.25) is 0 Å². The van der Waals surface area contributed by atoms with Crippen LogP contribution >= 0.6 is 0 Å².